The summed E-state index contributed by atoms with van der Waals surface area (Å²) in [4.78, 5) is 0. The van der Waals surface area contributed by atoms with Crippen molar-refractivity contribution in [1.29, 1.82) is 0 Å². The molecule has 0 amide bonds. The molecule has 1 N–H and O–H groups in total. The molecule has 0 bridgehead atoms. The third-order valence-electron chi connectivity index (χ3n) is 3.36. The van der Waals surface area contributed by atoms with Crippen LogP contribution in [0.1, 0.15) is 32.3 Å². The van der Waals surface area contributed by atoms with Crippen LogP contribution in [0.4, 0.5) is 0 Å². The number of rotatable bonds is 1. The van der Waals surface area contributed by atoms with E-state index in [0.29, 0.717) is 5.75 Å². The van der Waals surface area contributed by atoms with E-state index in [4.69, 9.17) is 0 Å². The summed E-state index contributed by atoms with van der Waals surface area (Å²) < 4.78 is 0. The second kappa shape index (κ2) is 3.99. The van der Waals surface area contributed by atoms with Crippen LogP contribution in [0.2, 0.25) is 0 Å². The van der Waals surface area contributed by atoms with Crippen molar-refractivity contribution in [3.8, 4) is 5.75 Å². The molecule has 1 unspecified atom stereocenters. The SMILES string of the molecule is [CH2+]C(c1ccc(O)c2ccccc12)C(C)(C)C. The average molecular weight is 227 g/mol. The Hall–Kier alpha value is -1.63. The fourth-order valence-corrected chi connectivity index (χ4v) is 2.08. The molecule has 1 nitrogen and oxygen atoms in total. The van der Waals surface area contributed by atoms with Crippen LogP contribution >= 0.6 is 0 Å². The van der Waals surface area contributed by atoms with Crippen molar-refractivity contribution < 1.29 is 5.11 Å². The van der Waals surface area contributed by atoms with Crippen molar-refractivity contribution in [1.82, 2.24) is 0 Å². The van der Waals surface area contributed by atoms with E-state index in [2.05, 4.69) is 27.7 Å². The van der Waals surface area contributed by atoms with E-state index in [0.717, 1.165) is 10.8 Å². The molecule has 0 saturated heterocycles. The van der Waals surface area contributed by atoms with E-state index in [-0.39, 0.29) is 11.3 Å². The largest absolute Gasteiger partial charge is 0.507 e. The summed E-state index contributed by atoms with van der Waals surface area (Å²) in [6.45, 7) is 10.8. The number of benzene rings is 2. The van der Waals surface area contributed by atoms with E-state index in [9.17, 15) is 5.11 Å². The molecule has 1 heteroatoms. The molecule has 0 aromatic heterocycles. The van der Waals surface area contributed by atoms with Gasteiger partial charge in [-0.15, -0.1) is 0 Å². The Morgan fingerprint density at radius 2 is 1.59 bits per heavy atom. The summed E-state index contributed by atoms with van der Waals surface area (Å²) in [6, 6.07) is 11.7. The van der Waals surface area contributed by atoms with Gasteiger partial charge in [-0.1, -0.05) is 51.1 Å². The maximum atomic E-state index is 9.86. The maximum Gasteiger partial charge on any atom is 0.126 e. The Morgan fingerprint density at radius 1 is 1.00 bits per heavy atom. The number of phenolic OH excluding ortho intramolecular Hbond substituents is 1. The van der Waals surface area contributed by atoms with Crippen LogP contribution < -0.4 is 0 Å². The van der Waals surface area contributed by atoms with E-state index >= 15 is 0 Å². The predicted molar refractivity (Wildman–Crippen MR) is 73.2 cm³/mol. The lowest BCUT2D eigenvalue weighted by molar-refractivity contribution is 0.365. The lowest BCUT2D eigenvalue weighted by Gasteiger charge is -2.23. The van der Waals surface area contributed by atoms with Crippen molar-refractivity contribution >= 4 is 10.8 Å². The summed E-state index contributed by atoms with van der Waals surface area (Å²) >= 11 is 0. The minimum Gasteiger partial charge on any atom is -0.507 e. The summed E-state index contributed by atoms with van der Waals surface area (Å²) in [7, 11) is 0. The first-order valence-corrected chi connectivity index (χ1v) is 5.95. The molecule has 0 radical (unpaired) electrons. The first-order valence-electron chi connectivity index (χ1n) is 5.95. The Balaban J connectivity index is 2.67. The van der Waals surface area contributed by atoms with Crippen molar-refractivity contribution in [2.45, 2.75) is 26.7 Å². The monoisotopic (exact) mass is 227 g/mol. The van der Waals surface area contributed by atoms with Gasteiger partial charge in [0.25, 0.3) is 0 Å². The molecule has 2 rings (SSSR count). The molecule has 0 spiro atoms. The quantitative estimate of drug-likeness (QED) is 0.711. The lowest BCUT2D eigenvalue weighted by atomic mass is 9.76. The van der Waals surface area contributed by atoms with Crippen molar-refractivity contribution in [2.24, 2.45) is 5.41 Å². The first kappa shape index (κ1) is 11.8. The smallest absolute Gasteiger partial charge is 0.126 e. The summed E-state index contributed by atoms with van der Waals surface area (Å²) in [5.74, 6) is 0.540. The van der Waals surface area contributed by atoms with Gasteiger partial charge in [0, 0.05) is 16.4 Å². The minimum absolute atomic E-state index is 0.111. The molecule has 2 aromatic rings. The molecule has 0 fully saturated rings. The Labute approximate surface area is 103 Å². The zero-order valence-corrected chi connectivity index (χ0v) is 10.7. The highest BCUT2D eigenvalue weighted by Gasteiger charge is 2.29. The van der Waals surface area contributed by atoms with E-state index in [1.165, 1.54) is 5.56 Å². The summed E-state index contributed by atoms with van der Waals surface area (Å²) in [5.41, 5.74) is 1.31. The summed E-state index contributed by atoms with van der Waals surface area (Å²) in [5, 5.41) is 11.9. The molecule has 0 saturated carbocycles. The van der Waals surface area contributed by atoms with Gasteiger partial charge in [-0.25, -0.2) is 0 Å². The number of phenols is 1. The molecule has 0 aliphatic carbocycles. The van der Waals surface area contributed by atoms with E-state index in [1.807, 2.05) is 30.3 Å². The first-order chi connectivity index (χ1) is 7.91. The lowest BCUT2D eigenvalue weighted by Crippen LogP contribution is -2.15. The van der Waals surface area contributed by atoms with Gasteiger partial charge < -0.3 is 5.11 Å². The zero-order chi connectivity index (χ0) is 12.6. The van der Waals surface area contributed by atoms with Gasteiger partial charge >= 0.3 is 0 Å². The highest BCUT2D eigenvalue weighted by atomic mass is 16.3. The number of fused-ring (bicyclic) bond motifs is 1. The molecule has 0 aliphatic rings. The number of aromatic hydroxyl groups is 1. The van der Waals surface area contributed by atoms with Gasteiger partial charge in [0.2, 0.25) is 0 Å². The normalized spacial score (nSPS) is 13.8. The standard InChI is InChI=1S/C16H18O/c1-11(16(2,3)4)12-9-10-15(17)14-8-6-5-7-13(12)14/h5-11H,1H2,2-4H3/p+1. The molecule has 0 heterocycles. The van der Waals surface area contributed by atoms with Crippen LogP contribution in [0, 0.1) is 12.3 Å². The molecule has 17 heavy (non-hydrogen) atoms. The van der Waals surface area contributed by atoms with Crippen molar-refractivity contribution in [3.05, 3.63) is 48.9 Å². The van der Waals surface area contributed by atoms with Gasteiger partial charge in [-0.05, 0) is 11.5 Å². The second-order valence-electron chi connectivity index (χ2n) is 5.64. The van der Waals surface area contributed by atoms with Crippen LogP contribution in [0.15, 0.2) is 36.4 Å². The Bertz CT molecular complexity index is 535. The highest BCUT2D eigenvalue weighted by Crippen LogP contribution is 2.39. The van der Waals surface area contributed by atoms with E-state index < -0.39 is 0 Å². The number of hydrogen-bond acceptors (Lipinski definition) is 1. The maximum absolute atomic E-state index is 9.86. The van der Waals surface area contributed by atoms with E-state index in [1.54, 1.807) is 6.07 Å². The highest BCUT2D eigenvalue weighted by molar-refractivity contribution is 5.91. The van der Waals surface area contributed by atoms with Crippen LogP contribution in [0.5, 0.6) is 5.75 Å². The van der Waals surface area contributed by atoms with Gasteiger partial charge in [-0.3, -0.25) is 0 Å². The summed E-state index contributed by atoms with van der Waals surface area (Å²) in [6.07, 6.45) is 0. The predicted octanol–water partition coefficient (Wildman–Crippen LogP) is 4.51. The molecule has 2 aromatic carbocycles. The van der Waals surface area contributed by atoms with Crippen LogP contribution in [-0.4, -0.2) is 5.11 Å². The topological polar surface area (TPSA) is 20.2 Å². The fraction of sp³-hybridized carbons (Fsp3) is 0.312. The van der Waals surface area contributed by atoms with Crippen molar-refractivity contribution in [3.63, 3.8) is 0 Å². The molecule has 1 atom stereocenters. The van der Waals surface area contributed by atoms with Gasteiger partial charge in [-0.2, -0.15) is 0 Å². The molecular formula is C16H19O+. The van der Waals surface area contributed by atoms with Crippen LogP contribution in [0.3, 0.4) is 0 Å². The Morgan fingerprint density at radius 3 is 2.18 bits per heavy atom. The molecule has 0 aliphatic heterocycles. The van der Waals surface area contributed by atoms with Crippen LogP contribution in [-0.2, 0) is 0 Å². The van der Waals surface area contributed by atoms with Gasteiger partial charge in [0.05, 0.1) is 6.92 Å². The minimum atomic E-state index is 0.111. The molecule has 88 valence electrons. The molecular weight excluding hydrogens is 208 g/mol. The van der Waals surface area contributed by atoms with Gasteiger partial charge in [0.15, 0.2) is 0 Å². The van der Waals surface area contributed by atoms with Gasteiger partial charge in [0.1, 0.15) is 11.7 Å². The number of hydrogen-bond donors (Lipinski definition) is 1. The third-order valence-corrected chi connectivity index (χ3v) is 3.36. The Kier molecular flexibility index (Phi) is 2.78. The van der Waals surface area contributed by atoms with Crippen LogP contribution in [0.25, 0.3) is 10.8 Å². The fourth-order valence-electron chi connectivity index (χ4n) is 2.08. The zero-order valence-electron chi connectivity index (χ0n) is 10.7. The second-order valence-corrected chi connectivity index (χ2v) is 5.64. The average Bonchev–Trinajstić information content (AvgIpc) is 2.28. The van der Waals surface area contributed by atoms with Crippen molar-refractivity contribution in [2.75, 3.05) is 0 Å². The third kappa shape index (κ3) is 2.10.